The van der Waals surface area contributed by atoms with E-state index in [1.54, 1.807) is 17.7 Å². The second kappa shape index (κ2) is 13.0. The number of rotatable bonds is 6. The predicted molar refractivity (Wildman–Crippen MR) is 178 cm³/mol. The largest absolute Gasteiger partial charge is 1.00 e. The molecule has 0 atom stereocenters. The summed E-state index contributed by atoms with van der Waals surface area (Å²) in [6, 6.07) is 38.1. The fourth-order valence-electron chi connectivity index (χ4n) is 6.36. The zero-order valence-corrected chi connectivity index (χ0v) is 32.6. The summed E-state index contributed by atoms with van der Waals surface area (Å²) in [4.78, 5) is 0. The van der Waals surface area contributed by atoms with Crippen molar-refractivity contribution in [2.24, 2.45) is 0 Å². The van der Waals surface area contributed by atoms with Crippen molar-refractivity contribution >= 4 is 29.8 Å². The van der Waals surface area contributed by atoms with Gasteiger partial charge in [0.25, 0.3) is 0 Å². The molecule has 0 saturated carbocycles. The number of fused-ring (bicyclic) bond motifs is 3. The maximum atomic E-state index is 2.48. The predicted octanol–water partition coefficient (Wildman–Crippen LogP) is 2.59. The van der Waals surface area contributed by atoms with Crippen LogP contribution < -0.4 is 35.2 Å². The van der Waals surface area contributed by atoms with Crippen LogP contribution in [-0.2, 0) is 21.0 Å². The monoisotopic (exact) mass is 790 g/mol. The smallest absolute Gasteiger partial charge is 1.00 e. The van der Waals surface area contributed by atoms with Crippen LogP contribution in [0.1, 0.15) is 32.3 Å². The van der Waals surface area contributed by atoms with Gasteiger partial charge in [-0.3, -0.25) is 0 Å². The minimum atomic E-state index is -2.83. The normalized spacial score (nSPS) is 13.7. The molecule has 2 aliphatic carbocycles. The molecule has 0 aromatic heterocycles. The average molecular weight is 790 g/mol. The van der Waals surface area contributed by atoms with Crippen LogP contribution in [-0.4, -0.2) is 19.4 Å². The Labute approximate surface area is 274 Å². The van der Waals surface area contributed by atoms with Crippen LogP contribution in [0.25, 0.3) is 11.1 Å². The van der Waals surface area contributed by atoms with Gasteiger partial charge in [0.1, 0.15) is 0 Å². The van der Waals surface area contributed by atoms with E-state index in [4.69, 9.17) is 0 Å². The first-order valence-corrected chi connectivity index (χ1v) is 27.3. The van der Waals surface area contributed by atoms with E-state index in [1.165, 1.54) is 32.6 Å². The van der Waals surface area contributed by atoms with E-state index in [2.05, 4.69) is 155 Å². The van der Waals surface area contributed by atoms with Crippen LogP contribution in [0.5, 0.6) is 0 Å². The fraction of sp³-hybridized carbons (Fsp3) is 0.216. The Balaban J connectivity index is 0.00000202. The molecule has 4 aromatic carbocycles. The molecule has 0 bridgehead atoms. The van der Waals surface area contributed by atoms with Crippen LogP contribution in [0.15, 0.2) is 119 Å². The van der Waals surface area contributed by atoms with Crippen LogP contribution in [0, 0.1) is 0 Å². The molecule has 6 rings (SSSR count). The topological polar surface area (TPSA) is 0 Å². The van der Waals surface area contributed by atoms with Gasteiger partial charge in [0.2, 0.25) is 0 Å². The first kappa shape index (κ1) is 33.0. The van der Waals surface area contributed by atoms with Crippen LogP contribution in [0.3, 0.4) is 0 Å². The number of allylic oxidation sites excluding steroid dienone is 4. The molecule has 0 unspecified atom stereocenters. The van der Waals surface area contributed by atoms with E-state index in [0.717, 1.165) is 6.42 Å². The zero-order valence-electron chi connectivity index (χ0n) is 25.5. The van der Waals surface area contributed by atoms with Gasteiger partial charge in [-0.05, 0) is 0 Å². The number of hydrogen-bond donors (Lipinski definition) is 0. The maximum Gasteiger partial charge on any atom is -1.00 e. The first-order chi connectivity index (χ1) is 19.1. The summed E-state index contributed by atoms with van der Waals surface area (Å²) in [5, 5.41) is 3.07. The third-order valence-electron chi connectivity index (χ3n) is 8.59. The molecule has 0 spiro atoms. The molecule has 2 aliphatic rings. The second-order valence-corrected chi connectivity index (χ2v) is 32.7. The van der Waals surface area contributed by atoms with Crippen LogP contribution in [0.4, 0.5) is 0 Å². The van der Waals surface area contributed by atoms with Gasteiger partial charge >= 0.3 is 252 Å². The van der Waals surface area contributed by atoms with E-state index in [1.807, 2.05) is 0 Å². The molecule has 0 saturated heterocycles. The van der Waals surface area contributed by atoms with E-state index in [9.17, 15) is 0 Å². The molecule has 5 heteroatoms. The molecule has 0 radical (unpaired) electrons. The van der Waals surface area contributed by atoms with Crippen molar-refractivity contribution in [3.63, 3.8) is 0 Å². The Bertz CT molecular complexity index is 1560. The summed E-state index contributed by atoms with van der Waals surface area (Å²) < 4.78 is 3.88. The van der Waals surface area contributed by atoms with Gasteiger partial charge < -0.3 is 24.8 Å². The number of hydrogen-bond acceptors (Lipinski definition) is 0. The summed E-state index contributed by atoms with van der Waals surface area (Å²) in [5.41, 5.74) is 8.88. The van der Waals surface area contributed by atoms with Gasteiger partial charge in [-0.25, -0.2) is 0 Å². The van der Waals surface area contributed by atoms with Crippen molar-refractivity contribution < 1.29 is 45.8 Å². The molecule has 0 amide bonds. The van der Waals surface area contributed by atoms with Gasteiger partial charge in [0, 0.05) is 0 Å². The van der Waals surface area contributed by atoms with Gasteiger partial charge in [0.15, 0.2) is 0 Å². The summed E-state index contributed by atoms with van der Waals surface area (Å²) >= 11 is -2.83. The Morgan fingerprint density at radius 3 is 1.40 bits per heavy atom. The van der Waals surface area contributed by atoms with E-state index >= 15 is 0 Å². The van der Waals surface area contributed by atoms with E-state index in [0.29, 0.717) is 3.67 Å². The van der Waals surface area contributed by atoms with Crippen molar-refractivity contribution in [3.8, 4) is 11.1 Å². The molecule has 0 heterocycles. The quantitative estimate of drug-likeness (QED) is 0.264. The molecule has 214 valence electrons. The molecule has 0 fully saturated rings. The van der Waals surface area contributed by atoms with Gasteiger partial charge in [-0.15, -0.1) is 0 Å². The summed E-state index contributed by atoms with van der Waals surface area (Å²) in [7, 11) is -2.76. The molecular weight excluding hydrogens is 750 g/mol. The maximum absolute atomic E-state index is 2.83. The van der Waals surface area contributed by atoms with Gasteiger partial charge in [-0.2, -0.15) is 0 Å². The molecule has 0 aliphatic heterocycles. The first-order valence-electron chi connectivity index (χ1n) is 14.6. The van der Waals surface area contributed by atoms with E-state index in [-0.39, 0.29) is 24.8 Å². The molecule has 0 N–H and O–H groups in total. The summed E-state index contributed by atoms with van der Waals surface area (Å²) in [6.45, 7) is 14.7. The third kappa shape index (κ3) is 6.32. The Kier molecular flexibility index (Phi) is 10.2. The van der Waals surface area contributed by atoms with Crippen molar-refractivity contribution in [2.45, 2.75) is 49.4 Å². The molecule has 4 aromatic rings. The molecular formula is C37H40Cl2HfSi2. The van der Waals surface area contributed by atoms with Crippen LogP contribution in [0.2, 0.25) is 39.3 Å². The SMILES string of the molecule is C[Si](C)(C)c1ccc([C](c2ccc([Si](C)(C)C)cc2)=[Hf+2]([C]2=CC=CC2)[CH]2c3ccccc3-c3ccccc32)cc1.[Cl-].[Cl-]. The summed E-state index contributed by atoms with van der Waals surface area (Å²) in [5.74, 6) is 0. The minimum Gasteiger partial charge on any atom is -1.00 e. The van der Waals surface area contributed by atoms with Crippen LogP contribution >= 0.6 is 0 Å². The third-order valence-corrected chi connectivity index (χ3v) is 24.9. The summed E-state index contributed by atoms with van der Waals surface area (Å²) in [6.07, 6.45) is 8.28. The van der Waals surface area contributed by atoms with Crippen molar-refractivity contribution in [1.29, 1.82) is 0 Å². The Hall–Kier alpha value is -1.89. The minimum absolute atomic E-state index is 0. The standard InChI is InChI=1S/C19H26Si2.C13H9.C5H5.2ClH.Hf/c1-20(2,3)18-11-7-16(8-12-18)15-17-9-13-19(14-10-17)21(4,5)6;1-3-7-12-10(5-1)9-11-6-2-4-8-13(11)12;1-2-4-5-3-1;;;/h7-14H,1-6H3;1-9H;1-3H,4H2;2*1H;/q;;;;;+2/p-2. The Morgan fingerprint density at radius 2 is 1.02 bits per heavy atom. The van der Waals surface area contributed by atoms with Crippen molar-refractivity contribution in [1.82, 2.24) is 0 Å². The van der Waals surface area contributed by atoms with E-state index < -0.39 is 37.1 Å². The van der Waals surface area contributed by atoms with Crippen molar-refractivity contribution in [3.05, 3.63) is 141 Å². The molecule has 42 heavy (non-hydrogen) atoms. The average Bonchev–Trinajstić information content (AvgIpc) is 3.58. The number of halogens is 2. The van der Waals surface area contributed by atoms with Gasteiger partial charge in [-0.1, -0.05) is 0 Å². The molecule has 0 nitrogen and oxygen atoms in total. The zero-order chi connectivity index (χ0) is 28.1. The second-order valence-electron chi connectivity index (χ2n) is 13.4. The fourth-order valence-corrected chi connectivity index (χ4v) is 21.9. The Morgan fingerprint density at radius 1 is 0.595 bits per heavy atom. The van der Waals surface area contributed by atoms with Crippen molar-refractivity contribution in [2.75, 3.05) is 0 Å². The van der Waals surface area contributed by atoms with Gasteiger partial charge in [0.05, 0.1) is 0 Å². The number of benzene rings is 4.